The molecule has 5 heteroatoms. The van der Waals surface area contributed by atoms with Crippen molar-refractivity contribution >= 4 is 28.6 Å². The van der Waals surface area contributed by atoms with Crippen molar-refractivity contribution in [3.8, 4) is 0 Å². The van der Waals surface area contributed by atoms with Crippen LogP contribution in [-0.4, -0.2) is 36.9 Å². The van der Waals surface area contributed by atoms with Crippen LogP contribution in [0.15, 0.2) is 30.0 Å². The topological polar surface area (TPSA) is 58.4 Å². The standard InChI is InChI=1S/C26H40ClN3O.C4H10/c1-5-8-12-23(29-15-18-30-16-10-9-11-17-30)26(31)20(7-3)21-13-14-22(28)25(27)24(21)19(4)6-2;1-4(2)3/h7,12-14,19,29H,5-6,8-11,15-18,28H2,1-4H3;4H,1-3H3/b20-7+,23-12?;. The number of piperidine rings is 1. The number of Topliss-reactive ketones (excluding diaryl/α,β-unsaturated/α-hetero) is 1. The summed E-state index contributed by atoms with van der Waals surface area (Å²) >= 11 is 6.61. The molecule has 198 valence electrons. The molecule has 3 N–H and O–H groups in total. The maximum absolute atomic E-state index is 13.6. The third-order valence-electron chi connectivity index (χ3n) is 6.21. The number of halogens is 1. The van der Waals surface area contributed by atoms with Crippen molar-refractivity contribution in [2.75, 3.05) is 31.9 Å². The lowest BCUT2D eigenvalue weighted by molar-refractivity contribution is -0.110. The first-order valence-corrected chi connectivity index (χ1v) is 14.0. The van der Waals surface area contributed by atoms with Crippen LogP contribution in [0.1, 0.15) is 104 Å². The molecule has 1 saturated heterocycles. The van der Waals surface area contributed by atoms with Gasteiger partial charge in [0, 0.05) is 18.7 Å². The van der Waals surface area contributed by atoms with Crippen LogP contribution in [0.4, 0.5) is 5.69 Å². The molecule has 1 heterocycles. The Morgan fingerprint density at radius 3 is 2.31 bits per heavy atom. The zero-order chi connectivity index (χ0) is 26.4. The van der Waals surface area contributed by atoms with Crippen molar-refractivity contribution in [3.63, 3.8) is 0 Å². The first-order valence-electron chi connectivity index (χ1n) is 13.6. The minimum atomic E-state index is 0.0278. The predicted octanol–water partition coefficient (Wildman–Crippen LogP) is 7.83. The average molecular weight is 504 g/mol. The Bertz CT molecular complexity index is 835. The number of allylic oxidation sites excluding steroid dienone is 3. The minimum absolute atomic E-state index is 0.0278. The molecule has 35 heavy (non-hydrogen) atoms. The molecule has 1 aliphatic heterocycles. The monoisotopic (exact) mass is 503 g/mol. The SMILES string of the molecule is C/C=C(/C(=O)C(=CCCC)NCCN1CCCCC1)c1ccc(N)c(Cl)c1C(C)CC.CC(C)C. The number of nitrogen functional groups attached to an aromatic ring is 1. The highest BCUT2D eigenvalue weighted by Gasteiger charge is 2.23. The number of rotatable bonds is 11. The number of unbranched alkanes of at least 4 members (excludes halogenated alkanes) is 1. The second-order valence-corrected chi connectivity index (χ2v) is 10.6. The summed E-state index contributed by atoms with van der Waals surface area (Å²) in [6.07, 6.45) is 10.6. The van der Waals surface area contributed by atoms with E-state index in [0.29, 0.717) is 22.0 Å². The van der Waals surface area contributed by atoms with Gasteiger partial charge in [-0.15, -0.1) is 0 Å². The highest BCUT2D eigenvalue weighted by Crippen LogP contribution is 2.38. The Kier molecular flexibility index (Phi) is 15.0. The maximum Gasteiger partial charge on any atom is 0.208 e. The lowest BCUT2D eigenvalue weighted by atomic mass is 9.87. The average Bonchev–Trinajstić information content (AvgIpc) is 2.83. The van der Waals surface area contributed by atoms with Gasteiger partial charge in [-0.2, -0.15) is 0 Å². The Morgan fingerprint density at radius 1 is 1.14 bits per heavy atom. The third-order valence-corrected chi connectivity index (χ3v) is 6.63. The van der Waals surface area contributed by atoms with Gasteiger partial charge >= 0.3 is 0 Å². The highest BCUT2D eigenvalue weighted by molar-refractivity contribution is 6.35. The van der Waals surface area contributed by atoms with Gasteiger partial charge in [-0.25, -0.2) is 0 Å². The van der Waals surface area contributed by atoms with Gasteiger partial charge in [-0.3, -0.25) is 4.79 Å². The van der Waals surface area contributed by atoms with Crippen LogP contribution in [0, 0.1) is 5.92 Å². The second kappa shape index (κ2) is 16.8. The largest absolute Gasteiger partial charge is 0.398 e. The number of carbonyl (C=O) groups excluding carboxylic acids is 1. The van der Waals surface area contributed by atoms with E-state index < -0.39 is 0 Å². The van der Waals surface area contributed by atoms with E-state index >= 15 is 0 Å². The molecule has 2 rings (SSSR count). The Hall–Kier alpha value is -1.78. The Balaban J connectivity index is 0.00000142. The minimum Gasteiger partial charge on any atom is -0.398 e. The fraction of sp³-hybridized carbons (Fsp3) is 0.633. The fourth-order valence-electron chi connectivity index (χ4n) is 4.15. The van der Waals surface area contributed by atoms with E-state index in [1.54, 1.807) is 6.07 Å². The van der Waals surface area contributed by atoms with Gasteiger partial charge in [0.05, 0.1) is 16.4 Å². The summed E-state index contributed by atoms with van der Waals surface area (Å²) in [5.41, 5.74) is 9.89. The van der Waals surface area contributed by atoms with E-state index in [1.165, 1.54) is 19.3 Å². The molecular formula is C30H50ClN3O. The number of nitrogens with zero attached hydrogens (tertiary/aromatic N) is 1. The molecule has 0 aromatic heterocycles. The number of likely N-dealkylation sites (tertiary alicyclic amines) is 1. The van der Waals surface area contributed by atoms with E-state index in [0.717, 1.165) is 62.5 Å². The predicted molar refractivity (Wildman–Crippen MR) is 155 cm³/mol. The van der Waals surface area contributed by atoms with Gasteiger partial charge in [0.25, 0.3) is 0 Å². The zero-order valence-electron chi connectivity index (χ0n) is 23.3. The highest BCUT2D eigenvalue weighted by atomic mass is 35.5. The van der Waals surface area contributed by atoms with Crippen molar-refractivity contribution in [2.45, 2.75) is 92.9 Å². The molecule has 1 aliphatic rings. The van der Waals surface area contributed by atoms with Crippen LogP contribution < -0.4 is 11.1 Å². The molecule has 0 spiro atoms. The summed E-state index contributed by atoms with van der Waals surface area (Å²) in [6, 6.07) is 3.75. The number of nitrogens with one attached hydrogen (secondary N) is 1. The fourth-order valence-corrected chi connectivity index (χ4v) is 4.50. The van der Waals surface area contributed by atoms with Crippen LogP contribution in [0.5, 0.6) is 0 Å². The molecule has 4 nitrogen and oxygen atoms in total. The van der Waals surface area contributed by atoms with Gasteiger partial charge in [0.15, 0.2) is 0 Å². The van der Waals surface area contributed by atoms with Crippen LogP contribution >= 0.6 is 11.6 Å². The van der Waals surface area contributed by atoms with Crippen LogP contribution in [0.25, 0.3) is 5.57 Å². The zero-order valence-corrected chi connectivity index (χ0v) is 24.1. The number of nitrogens with two attached hydrogens (primary N) is 1. The van der Waals surface area contributed by atoms with Crippen molar-refractivity contribution in [1.29, 1.82) is 0 Å². The van der Waals surface area contributed by atoms with E-state index in [1.807, 2.05) is 25.1 Å². The third kappa shape index (κ3) is 10.4. The second-order valence-electron chi connectivity index (χ2n) is 10.2. The van der Waals surface area contributed by atoms with Crippen molar-refractivity contribution in [3.05, 3.63) is 46.1 Å². The van der Waals surface area contributed by atoms with Crippen molar-refractivity contribution < 1.29 is 4.79 Å². The maximum atomic E-state index is 13.6. The molecule has 1 atom stereocenters. The van der Waals surface area contributed by atoms with Gasteiger partial charge in [0.2, 0.25) is 5.78 Å². The first kappa shape index (κ1) is 31.3. The molecule has 1 aromatic rings. The Morgan fingerprint density at radius 2 is 1.77 bits per heavy atom. The number of ketones is 1. The summed E-state index contributed by atoms with van der Waals surface area (Å²) in [4.78, 5) is 16.1. The quantitative estimate of drug-likeness (QED) is 0.238. The summed E-state index contributed by atoms with van der Waals surface area (Å²) in [7, 11) is 0. The van der Waals surface area contributed by atoms with Crippen LogP contribution in [0.3, 0.4) is 0 Å². The van der Waals surface area contributed by atoms with E-state index in [2.05, 4.69) is 51.8 Å². The molecule has 1 fully saturated rings. The number of anilines is 1. The molecule has 0 radical (unpaired) electrons. The molecule has 0 aliphatic carbocycles. The molecule has 1 unspecified atom stereocenters. The number of hydrogen-bond acceptors (Lipinski definition) is 4. The number of carbonyl (C=O) groups is 1. The van der Waals surface area contributed by atoms with Crippen molar-refractivity contribution in [1.82, 2.24) is 10.2 Å². The van der Waals surface area contributed by atoms with Gasteiger partial charge in [0.1, 0.15) is 0 Å². The first-order chi connectivity index (χ1) is 16.7. The summed E-state index contributed by atoms with van der Waals surface area (Å²) in [5, 5.41) is 4.01. The Labute approximate surface area is 220 Å². The summed E-state index contributed by atoms with van der Waals surface area (Å²) < 4.78 is 0. The van der Waals surface area contributed by atoms with Gasteiger partial charge in [-0.1, -0.05) is 84.2 Å². The van der Waals surface area contributed by atoms with Crippen LogP contribution in [-0.2, 0) is 4.79 Å². The normalized spacial score (nSPS) is 16.0. The van der Waals surface area contributed by atoms with E-state index in [9.17, 15) is 4.79 Å². The van der Waals surface area contributed by atoms with Crippen molar-refractivity contribution in [2.24, 2.45) is 5.92 Å². The lowest BCUT2D eigenvalue weighted by Gasteiger charge is -2.27. The molecule has 0 amide bonds. The molecular weight excluding hydrogens is 454 g/mol. The van der Waals surface area contributed by atoms with Gasteiger partial charge in [-0.05, 0) is 74.7 Å². The molecule has 1 aromatic carbocycles. The lowest BCUT2D eigenvalue weighted by Crippen LogP contribution is -2.36. The number of benzene rings is 1. The summed E-state index contributed by atoms with van der Waals surface area (Å²) in [6.45, 7) is 18.9. The summed E-state index contributed by atoms with van der Waals surface area (Å²) in [5.74, 6) is 1.07. The molecule has 0 saturated carbocycles. The van der Waals surface area contributed by atoms with E-state index in [4.69, 9.17) is 17.3 Å². The van der Waals surface area contributed by atoms with E-state index in [-0.39, 0.29) is 11.7 Å². The smallest absolute Gasteiger partial charge is 0.208 e. The molecule has 0 bridgehead atoms. The number of hydrogen-bond donors (Lipinski definition) is 2. The van der Waals surface area contributed by atoms with Gasteiger partial charge < -0.3 is 16.0 Å². The van der Waals surface area contributed by atoms with Crippen LogP contribution in [0.2, 0.25) is 5.02 Å².